The van der Waals surface area contributed by atoms with Gasteiger partial charge in [0, 0.05) is 11.3 Å². The zero-order valence-electron chi connectivity index (χ0n) is 6.40. The van der Waals surface area contributed by atoms with Crippen molar-refractivity contribution in [3.8, 4) is 0 Å². The van der Waals surface area contributed by atoms with Crippen LogP contribution in [0.2, 0.25) is 0 Å². The molecule has 0 aliphatic heterocycles. The molecule has 0 fully saturated rings. The summed E-state index contributed by atoms with van der Waals surface area (Å²) >= 11 is 0. The van der Waals surface area contributed by atoms with Gasteiger partial charge in [-0.1, -0.05) is 0 Å². The SMILES string of the molecule is Nc1cc(C=O)cc(S(=O)(=O)F)c1. The summed E-state index contributed by atoms with van der Waals surface area (Å²) in [6.07, 6.45) is 0.394. The highest BCUT2D eigenvalue weighted by Crippen LogP contribution is 2.17. The lowest BCUT2D eigenvalue weighted by Gasteiger charge is -1.98. The first-order valence-corrected chi connectivity index (χ1v) is 4.62. The number of benzene rings is 1. The molecule has 0 atom stereocenters. The van der Waals surface area contributed by atoms with Crippen molar-refractivity contribution in [1.82, 2.24) is 0 Å². The van der Waals surface area contributed by atoms with Crippen LogP contribution in [-0.2, 0) is 10.2 Å². The molecule has 0 bridgehead atoms. The number of nitrogen functional groups attached to an aromatic ring is 1. The maximum atomic E-state index is 12.4. The fourth-order valence-corrected chi connectivity index (χ4v) is 1.41. The van der Waals surface area contributed by atoms with E-state index in [1.807, 2.05) is 0 Å². The quantitative estimate of drug-likeness (QED) is 0.437. The molecule has 1 aromatic carbocycles. The van der Waals surface area contributed by atoms with Crippen molar-refractivity contribution in [2.45, 2.75) is 4.90 Å². The van der Waals surface area contributed by atoms with E-state index in [9.17, 15) is 17.1 Å². The van der Waals surface area contributed by atoms with E-state index in [1.165, 1.54) is 6.07 Å². The molecule has 0 aromatic heterocycles. The van der Waals surface area contributed by atoms with Crippen molar-refractivity contribution in [1.29, 1.82) is 0 Å². The van der Waals surface area contributed by atoms with E-state index in [-0.39, 0.29) is 11.3 Å². The number of carbonyl (C=O) groups excluding carboxylic acids is 1. The Hall–Kier alpha value is -1.43. The van der Waals surface area contributed by atoms with Crippen LogP contribution in [0.1, 0.15) is 10.4 Å². The van der Waals surface area contributed by atoms with Gasteiger partial charge in [0.25, 0.3) is 0 Å². The molecule has 4 nitrogen and oxygen atoms in total. The Morgan fingerprint density at radius 1 is 1.31 bits per heavy atom. The summed E-state index contributed by atoms with van der Waals surface area (Å²) < 4.78 is 33.2. The first-order chi connectivity index (χ1) is 5.93. The standard InChI is InChI=1S/C7H6FNO3S/c8-13(11,12)7-2-5(4-10)1-6(9)3-7/h1-4H,9H2. The first-order valence-electron chi connectivity index (χ1n) is 3.24. The van der Waals surface area contributed by atoms with Gasteiger partial charge in [0.2, 0.25) is 0 Å². The zero-order chi connectivity index (χ0) is 10.1. The molecule has 13 heavy (non-hydrogen) atoms. The summed E-state index contributed by atoms with van der Waals surface area (Å²) in [5.74, 6) is 0. The highest BCUT2D eigenvalue weighted by Gasteiger charge is 2.12. The van der Waals surface area contributed by atoms with Crippen LogP contribution in [0.3, 0.4) is 0 Å². The van der Waals surface area contributed by atoms with Crippen molar-refractivity contribution >= 4 is 22.2 Å². The largest absolute Gasteiger partial charge is 0.399 e. The Morgan fingerprint density at radius 3 is 2.38 bits per heavy atom. The minimum absolute atomic E-state index is 0.0243. The molecule has 0 saturated carbocycles. The monoisotopic (exact) mass is 203 g/mol. The van der Waals surface area contributed by atoms with Gasteiger partial charge < -0.3 is 5.73 Å². The Kier molecular flexibility index (Phi) is 2.33. The summed E-state index contributed by atoms with van der Waals surface area (Å²) in [6.45, 7) is 0. The van der Waals surface area contributed by atoms with Gasteiger partial charge in [-0.25, -0.2) is 0 Å². The smallest absolute Gasteiger partial charge is 0.332 e. The molecular formula is C7H6FNO3S. The van der Waals surface area contributed by atoms with Gasteiger partial charge in [-0.3, -0.25) is 4.79 Å². The molecule has 0 heterocycles. The van der Waals surface area contributed by atoms with Crippen LogP contribution in [-0.4, -0.2) is 14.7 Å². The van der Waals surface area contributed by atoms with E-state index < -0.39 is 15.1 Å². The number of rotatable bonds is 2. The Balaban J connectivity index is 3.41. The molecule has 0 radical (unpaired) electrons. The third-order valence-electron chi connectivity index (χ3n) is 1.37. The molecule has 0 aliphatic rings. The highest BCUT2D eigenvalue weighted by molar-refractivity contribution is 7.86. The average Bonchev–Trinajstić information content (AvgIpc) is 2.01. The third-order valence-corrected chi connectivity index (χ3v) is 2.17. The normalized spacial score (nSPS) is 11.2. The number of nitrogens with two attached hydrogens (primary N) is 1. The molecule has 0 aliphatic carbocycles. The molecule has 70 valence electrons. The van der Waals surface area contributed by atoms with Gasteiger partial charge in [-0.05, 0) is 18.2 Å². The summed E-state index contributed by atoms with van der Waals surface area (Å²) in [6, 6.07) is 3.11. The number of halogens is 1. The molecular weight excluding hydrogens is 197 g/mol. The van der Waals surface area contributed by atoms with E-state index in [0.29, 0.717) is 6.29 Å². The lowest BCUT2D eigenvalue weighted by atomic mass is 10.2. The maximum Gasteiger partial charge on any atom is 0.332 e. The third kappa shape index (κ3) is 2.25. The van der Waals surface area contributed by atoms with Gasteiger partial charge in [0.1, 0.15) is 11.2 Å². The van der Waals surface area contributed by atoms with Crippen LogP contribution in [0.15, 0.2) is 23.1 Å². The fourth-order valence-electron chi connectivity index (χ4n) is 0.855. The Bertz CT molecular complexity index is 441. The predicted octanol–water partition coefficient (Wildman–Crippen LogP) is 0.740. The van der Waals surface area contributed by atoms with Crippen LogP contribution in [0.5, 0.6) is 0 Å². The number of hydrogen-bond donors (Lipinski definition) is 1. The van der Waals surface area contributed by atoms with Crippen molar-refractivity contribution in [2.75, 3.05) is 5.73 Å². The van der Waals surface area contributed by atoms with Crippen molar-refractivity contribution < 1.29 is 17.1 Å². The van der Waals surface area contributed by atoms with Crippen molar-refractivity contribution in [2.24, 2.45) is 0 Å². The topological polar surface area (TPSA) is 77.2 Å². The second-order valence-corrected chi connectivity index (χ2v) is 3.74. The van der Waals surface area contributed by atoms with Crippen LogP contribution in [0.25, 0.3) is 0 Å². The molecule has 6 heteroatoms. The van der Waals surface area contributed by atoms with Crippen molar-refractivity contribution in [3.05, 3.63) is 23.8 Å². The lowest BCUT2D eigenvalue weighted by molar-refractivity contribution is 0.112. The minimum atomic E-state index is -4.80. The summed E-state index contributed by atoms with van der Waals surface area (Å²) in [7, 11) is -4.80. The van der Waals surface area contributed by atoms with Gasteiger partial charge in [0.05, 0.1) is 0 Å². The van der Waals surface area contributed by atoms with Gasteiger partial charge in [-0.2, -0.15) is 8.42 Å². The van der Waals surface area contributed by atoms with Crippen LogP contribution in [0, 0.1) is 0 Å². The predicted molar refractivity (Wildman–Crippen MR) is 44.5 cm³/mol. The zero-order valence-corrected chi connectivity index (χ0v) is 7.21. The Labute approximate surface area is 74.4 Å². The summed E-state index contributed by atoms with van der Waals surface area (Å²) in [5, 5.41) is 0. The number of hydrogen-bond acceptors (Lipinski definition) is 4. The van der Waals surface area contributed by atoms with Crippen LogP contribution in [0.4, 0.5) is 9.57 Å². The number of carbonyl (C=O) groups is 1. The molecule has 2 N–H and O–H groups in total. The van der Waals surface area contributed by atoms with E-state index >= 15 is 0 Å². The van der Waals surface area contributed by atoms with E-state index in [0.717, 1.165) is 12.1 Å². The van der Waals surface area contributed by atoms with Gasteiger partial charge >= 0.3 is 10.2 Å². The van der Waals surface area contributed by atoms with E-state index in [4.69, 9.17) is 5.73 Å². The maximum absolute atomic E-state index is 12.4. The number of aldehydes is 1. The van der Waals surface area contributed by atoms with Gasteiger partial charge in [-0.15, -0.1) is 3.89 Å². The summed E-state index contributed by atoms with van der Waals surface area (Å²) in [4.78, 5) is 9.66. The fraction of sp³-hybridized carbons (Fsp3) is 0. The van der Waals surface area contributed by atoms with E-state index in [1.54, 1.807) is 0 Å². The molecule has 0 unspecified atom stereocenters. The molecule has 1 rings (SSSR count). The molecule has 0 amide bonds. The van der Waals surface area contributed by atoms with E-state index in [2.05, 4.69) is 0 Å². The summed E-state index contributed by atoms with van der Waals surface area (Å²) in [5.41, 5.74) is 5.29. The highest BCUT2D eigenvalue weighted by atomic mass is 32.3. The van der Waals surface area contributed by atoms with Crippen molar-refractivity contribution in [3.63, 3.8) is 0 Å². The number of anilines is 1. The first kappa shape index (κ1) is 9.66. The molecule has 0 saturated heterocycles. The Morgan fingerprint density at radius 2 is 1.92 bits per heavy atom. The van der Waals surface area contributed by atoms with Crippen LogP contribution < -0.4 is 5.73 Å². The lowest BCUT2D eigenvalue weighted by Crippen LogP contribution is -1.96. The minimum Gasteiger partial charge on any atom is -0.399 e. The second kappa shape index (κ2) is 3.14. The molecule has 1 aromatic rings. The van der Waals surface area contributed by atoms with Gasteiger partial charge in [0.15, 0.2) is 0 Å². The van der Waals surface area contributed by atoms with Crippen LogP contribution >= 0.6 is 0 Å². The average molecular weight is 203 g/mol. The second-order valence-electron chi connectivity index (χ2n) is 2.39. The molecule has 0 spiro atoms.